The highest BCUT2D eigenvalue weighted by Crippen LogP contribution is 2.28. The monoisotopic (exact) mass is 404 g/mol. The predicted octanol–water partition coefficient (Wildman–Crippen LogP) is 2.35. The molecule has 0 saturated carbocycles. The van der Waals surface area contributed by atoms with E-state index in [-0.39, 0.29) is 11.7 Å². The molecule has 2 aromatic rings. The second kappa shape index (κ2) is 9.01. The van der Waals surface area contributed by atoms with Crippen molar-refractivity contribution < 1.29 is 14.3 Å². The number of ether oxygens (including phenoxy) is 1. The summed E-state index contributed by atoms with van der Waals surface area (Å²) in [6.45, 7) is 4.64. The zero-order chi connectivity index (χ0) is 19.2. The number of anilines is 1. The molecule has 0 aliphatic carbocycles. The molecule has 1 aromatic heterocycles. The quantitative estimate of drug-likeness (QED) is 0.431. The van der Waals surface area contributed by atoms with Crippen molar-refractivity contribution in [3.8, 4) is 0 Å². The van der Waals surface area contributed by atoms with Crippen LogP contribution in [0, 0.1) is 0 Å². The first kappa shape index (κ1) is 19.4. The molecule has 1 N–H and O–H groups in total. The molecule has 3 rings (SSSR count). The molecule has 0 spiro atoms. The third kappa shape index (κ3) is 4.67. The maximum Gasteiger partial charge on any atom is 0.328 e. The molecule has 1 aliphatic rings. The number of carbonyl (C=O) groups is 2. The molecule has 1 aliphatic heterocycles. The number of hydrogen-bond donors (Lipinski definition) is 1. The van der Waals surface area contributed by atoms with Gasteiger partial charge in [-0.1, -0.05) is 53.4 Å². The molecule has 27 heavy (non-hydrogen) atoms. The van der Waals surface area contributed by atoms with Gasteiger partial charge in [0.25, 0.3) is 0 Å². The van der Waals surface area contributed by atoms with Crippen LogP contribution < -0.4 is 5.32 Å². The second-order valence-corrected chi connectivity index (χ2v) is 8.06. The lowest BCUT2D eigenvalue weighted by Crippen LogP contribution is -2.49. The Morgan fingerprint density at radius 2 is 2.19 bits per heavy atom. The van der Waals surface area contributed by atoms with E-state index >= 15 is 0 Å². The Bertz CT molecular complexity index is 840. The molecule has 0 unspecified atom stereocenters. The predicted molar refractivity (Wildman–Crippen MR) is 106 cm³/mol. The van der Waals surface area contributed by atoms with Gasteiger partial charge in [-0.05, 0) is 11.1 Å². The molecule has 7 nitrogen and oxygen atoms in total. The number of esters is 1. The number of nitrogens with one attached hydrogen (secondary N) is 1. The van der Waals surface area contributed by atoms with Crippen molar-refractivity contribution in [2.24, 2.45) is 0 Å². The fraction of sp³-hybridized carbons (Fsp3) is 0.333. The van der Waals surface area contributed by atoms with E-state index in [1.807, 2.05) is 24.3 Å². The standard InChI is InChI=1S/C18H20N4O3S2/c1-3-8-19-17-20-21-18(27-17)26-11-15(23)22-10-13-7-5-4-6-12(13)9-14(22)16(24)25-2/h3-7,14H,1,8-11H2,2H3,(H,19,20)/t14-/m0/s1. The zero-order valence-electron chi connectivity index (χ0n) is 14.9. The van der Waals surface area contributed by atoms with E-state index < -0.39 is 12.0 Å². The normalized spacial score (nSPS) is 15.7. The summed E-state index contributed by atoms with van der Waals surface area (Å²) >= 11 is 2.70. The Balaban J connectivity index is 1.67. The molecule has 1 atom stereocenters. The fourth-order valence-corrected chi connectivity index (χ4v) is 4.48. The lowest BCUT2D eigenvalue weighted by Gasteiger charge is -2.35. The lowest BCUT2D eigenvalue weighted by atomic mass is 9.94. The summed E-state index contributed by atoms with van der Waals surface area (Å²) in [6.07, 6.45) is 2.20. The van der Waals surface area contributed by atoms with Gasteiger partial charge in [0.15, 0.2) is 4.34 Å². The van der Waals surface area contributed by atoms with Crippen molar-refractivity contribution in [3.63, 3.8) is 0 Å². The SMILES string of the molecule is C=CCNc1nnc(SCC(=O)N2Cc3ccccc3C[C@H]2C(=O)OC)s1. The van der Waals surface area contributed by atoms with Crippen LogP contribution in [-0.4, -0.2) is 52.4 Å². The van der Waals surface area contributed by atoms with Crippen molar-refractivity contribution in [1.29, 1.82) is 0 Å². The average molecular weight is 405 g/mol. The Morgan fingerprint density at radius 1 is 1.41 bits per heavy atom. The lowest BCUT2D eigenvalue weighted by molar-refractivity contribution is -0.153. The molecule has 2 heterocycles. The largest absolute Gasteiger partial charge is 0.467 e. The van der Waals surface area contributed by atoms with Crippen molar-refractivity contribution in [3.05, 3.63) is 48.0 Å². The number of amides is 1. The molecule has 142 valence electrons. The number of nitrogens with zero attached hydrogens (tertiary/aromatic N) is 3. The highest BCUT2D eigenvalue weighted by atomic mass is 32.2. The van der Waals surface area contributed by atoms with Crippen LogP contribution >= 0.6 is 23.1 Å². The number of rotatable bonds is 7. The minimum Gasteiger partial charge on any atom is -0.467 e. The summed E-state index contributed by atoms with van der Waals surface area (Å²) in [5.74, 6) is -0.332. The summed E-state index contributed by atoms with van der Waals surface area (Å²) in [5, 5.41) is 11.8. The van der Waals surface area contributed by atoms with E-state index in [1.54, 1.807) is 11.0 Å². The Morgan fingerprint density at radius 3 is 2.93 bits per heavy atom. The van der Waals surface area contributed by atoms with Gasteiger partial charge in [0.2, 0.25) is 11.0 Å². The van der Waals surface area contributed by atoms with E-state index in [0.29, 0.717) is 29.0 Å². The van der Waals surface area contributed by atoms with Crippen LogP contribution in [0.1, 0.15) is 11.1 Å². The van der Waals surface area contributed by atoms with Crippen LogP contribution in [0.5, 0.6) is 0 Å². The maximum absolute atomic E-state index is 12.8. The number of benzene rings is 1. The molecule has 1 amide bonds. The maximum atomic E-state index is 12.8. The van der Waals surface area contributed by atoms with Crippen LogP contribution in [0.25, 0.3) is 0 Å². The Labute approximate surface area is 165 Å². The highest BCUT2D eigenvalue weighted by molar-refractivity contribution is 8.01. The first-order valence-electron chi connectivity index (χ1n) is 8.37. The zero-order valence-corrected chi connectivity index (χ0v) is 16.5. The topological polar surface area (TPSA) is 84.4 Å². The van der Waals surface area contributed by atoms with Gasteiger partial charge in [-0.25, -0.2) is 4.79 Å². The van der Waals surface area contributed by atoms with Crippen LogP contribution in [0.4, 0.5) is 5.13 Å². The molecular formula is C18H20N4O3S2. The number of aromatic nitrogens is 2. The van der Waals surface area contributed by atoms with Gasteiger partial charge in [0.05, 0.1) is 12.9 Å². The van der Waals surface area contributed by atoms with E-state index in [0.717, 1.165) is 11.1 Å². The molecule has 0 radical (unpaired) electrons. The number of methoxy groups -OCH3 is 1. The third-order valence-corrected chi connectivity index (χ3v) is 6.16. The highest BCUT2D eigenvalue weighted by Gasteiger charge is 2.35. The Hall–Kier alpha value is -2.39. The van der Waals surface area contributed by atoms with Crippen LogP contribution in [0.2, 0.25) is 0 Å². The van der Waals surface area contributed by atoms with Crippen LogP contribution in [-0.2, 0) is 27.3 Å². The molecular weight excluding hydrogens is 384 g/mol. The fourth-order valence-electron chi connectivity index (χ4n) is 2.84. The first-order valence-corrected chi connectivity index (χ1v) is 10.2. The van der Waals surface area contributed by atoms with Gasteiger partial charge in [-0.3, -0.25) is 4.79 Å². The molecule has 9 heteroatoms. The summed E-state index contributed by atoms with van der Waals surface area (Å²) < 4.78 is 5.61. The average Bonchev–Trinajstić information content (AvgIpc) is 3.16. The molecule has 1 aromatic carbocycles. The van der Waals surface area contributed by atoms with Gasteiger partial charge >= 0.3 is 5.97 Å². The van der Waals surface area contributed by atoms with Gasteiger partial charge in [-0.2, -0.15) is 0 Å². The summed E-state index contributed by atoms with van der Waals surface area (Å²) in [5.41, 5.74) is 2.13. The summed E-state index contributed by atoms with van der Waals surface area (Å²) in [7, 11) is 1.35. The van der Waals surface area contributed by atoms with Gasteiger partial charge in [-0.15, -0.1) is 16.8 Å². The van der Waals surface area contributed by atoms with Crippen LogP contribution in [0.3, 0.4) is 0 Å². The number of thioether (sulfide) groups is 1. The second-order valence-electron chi connectivity index (χ2n) is 5.86. The minimum atomic E-state index is -0.600. The molecule has 0 fully saturated rings. The smallest absolute Gasteiger partial charge is 0.328 e. The van der Waals surface area contributed by atoms with Gasteiger partial charge < -0.3 is 15.0 Å². The van der Waals surface area contributed by atoms with E-state index in [1.165, 1.54) is 30.2 Å². The van der Waals surface area contributed by atoms with E-state index in [2.05, 4.69) is 22.1 Å². The van der Waals surface area contributed by atoms with Crippen molar-refractivity contribution >= 4 is 40.1 Å². The molecule has 0 bridgehead atoms. The summed E-state index contributed by atoms with van der Waals surface area (Å²) in [6, 6.07) is 7.25. The number of hydrogen-bond acceptors (Lipinski definition) is 8. The van der Waals surface area contributed by atoms with Crippen LogP contribution in [0.15, 0.2) is 41.3 Å². The van der Waals surface area contributed by atoms with E-state index in [4.69, 9.17) is 4.74 Å². The number of carbonyl (C=O) groups excluding carboxylic acids is 2. The number of fused-ring (bicyclic) bond motifs is 1. The first-order chi connectivity index (χ1) is 13.1. The van der Waals surface area contributed by atoms with Gasteiger partial charge in [0, 0.05) is 19.5 Å². The van der Waals surface area contributed by atoms with Crippen molar-refractivity contribution in [2.45, 2.75) is 23.3 Å². The third-order valence-electron chi connectivity index (χ3n) is 4.17. The van der Waals surface area contributed by atoms with Crippen molar-refractivity contribution in [1.82, 2.24) is 15.1 Å². The summed E-state index contributed by atoms with van der Waals surface area (Å²) in [4.78, 5) is 26.6. The van der Waals surface area contributed by atoms with Crippen molar-refractivity contribution in [2.75, 3.05) is 24.7 Å². The molecule has 0 saturated heterocycles. The van der Waals surface area contributed by atoms with Gasteiger partial charge in [0.1, 0.15) is 6.04 Å². The Kier molecular flexibility index (Phi) is 6.46. The van der Waals surface area contributed by atoms with E-state index in [9.17, 15) is 9.59 Å². The minimum absolute atomic E-state index is 0.124.